The molecule has 32 heavy (non-hydrogen) atoms. The lowest BCUT2D eigenvalue weighted by atomic mass is 10.1. The van der Waals surface area contributed by atoms with E-state index in [1.54, 1.807) is 24.3 Å². The van der Waals surface area contributed by atoms with Crippen LogP contribution in [0.25, 0.3) is 21.5 Å². The molecule has 4 rings (SSSR count). The zero-order valence-corrected chi connectivity index (χ0v) is 18.3. The van der Waals surface area contributed by atoms with Crippen molar-refractivity contribution in [3.8, 4) is 0 Å². The second-order valence-electron chi connectivity index (χ2n) is 7.25. The summed E-state index contributed by atoms with van der Waals surface area (Å²) in [6.07, 6.45) is 0. The molecule has 0 radical (unpaired) electrons. The van der Waals surface area contributed by atoms with Crippen molar-refractivity contribution in [1.82, 2.24) is 0 Å². The second kappa shape index (κ2) is 8.40. The van der Waals surface area contributed by atoms with Crippen molar-refractivity contribution in [2.24, 2.45) is 0 Å². The molecule has 0 saturated heterocycles. The summed E-state index contributed by atoms with van der Waals surface area (Å²) in [6.45, 7) is 1.12. The molecule has 8 nitrogen and oxygen atoms in total. The minimum absolute atomic E-state index is 0.155. The Morgan fingerprint density at radius 3 is 1.28 bits per heavy atom. The van der Waals surface area contributed by atoms with E-state index in [0.717, 1.165) is 22.1 Å². The molecule has 0 atom stereocenters. The van der Waals surface area contributed by atoms with E-state index in [1.165, 1.54) is 24.3 Å². The molecule has 0 aromatic heterocycles. The molecular weight excluding hydrogens is 452 g/mol. The first-order valence-corrected chi connectivity index (χ1v) is 12.5. The Balaban J connectivity index is 1.42. The molecule has 10 heteroatoms. The normalized spacial score (nSPS) is 12.2. The van der Waals surface area contributed by atoms with E-state index in [2.05, 4.69) is 10.6 Å². The van der Waals surface area contributed by atoms with Crippen LogP contribution in [0.4, 0.5) is 11.4 Å². The largest absolute Gasteiger partial charge is 0.383 e. The van der Waals surface area contributed by atoms with E-state index >= 15 is 0 Å². The first-order chi connectivity index (χ1) is 15.1. The van der Waals surface area contributed by atoms with Crippen molar-refractivity contribution in [3.05, 3.63) is 72.8 Å². The van der Waals surface area contributed by atoms with Crippen LogP contribution in [0.2, 0.25) is 0 Å². The Bertz CT molecular complexity index is 1420. The average molecular weight is 473 g/mol. The Labute approximate surface area is 185 Å². The van der Waals surface area contributed by atoms with Gasteiger partial charge in [-0.3, -0.25) is 9.11 Å². The lowest BCUT2D eigenvalue weighted by Gasteiger charge is -2.11. The summed E-state index contributed by atoms with van der Waals surface area (Å²) < 4.78 is 63.8. The molecule has 0 aliphatic carbocycles. The predicted octanol–water partition coefficient (Wildman–Crippen LogP) is 4.01. The minimum atomic E-state index is -4.26. The number of anilines is 2. The lowest BCUT2D eigenvalue weighted by molar-refractivity contribution is 0.481. The van der Waals surface area contributed by atoms with Gasteiger partial charge in [0.15, 0.2) is 0 Å². The maximum Gasteiger partial charge on any atom is 0.294 e. The SMILES string of the molecule is O=S(=O)(O)c1ccc2ccc(NCCNc3ccc4ccc(S(=O)(=O)O)cc4c3)cc2c1. The van der Waals surface area contributed by atoms with Crippen LogP contribution in [0.15, 0.2) is 82.6 Å². The maximum atomic E-state index is 11.3. The standard InChI is InChI=1S/C22H20N2O6S2/c25-31(26,27)21-7-3-15-1-5-19(11-17(15)13-21)23-9-10-24-20-6-2-16-4-8-22(32(28,29)30)14-18(16)12-20/h1-8,11-14,23-24H,9-10H2,(H,25,26,27)(H,28,29,30). The van der Waals surface area contributed by atoms with Crippen LogP contribution in [0.5, 0.6) is 0 Å². The van der Waals surface area contributed by atoms with Gasteiger partial charge < -0.3 is 10.6 Å². The monoisotopic (exact) mass is 472 g/mol. The van der Waals surface area contributed by atoms with Crippen molar-refractivity contribution in [3.63, 3.8) is 0 Å². The second-order valence-corrected chi connectivity index (χ2v) is 10.1. The Morgan fingerprint density at radius 2 is 0.906 bits per heavy atom. The first kappa shape index (κ1) is 22.0. The molecule has 4 aromatic carbocycles. The number of rotatable bonds is 7. The number of hydrogen-bond acceptors (Lipinski definition) is 6. The van der Waals surface area contributed by atoms with Crippen molar-refractivity contribution < 1.29 is 25.9 Å². The van der Waals surface area contributed by atoms with Crippen molar-refractivity contribution >= 4 is 53.2 Å². The van der Waals surface area contributed by atoms with Crippen LogP contribution in [0.1, 0.15) is 0 Å². The van der Waals surface area contributed by atoms with Crippen molar-refractivity contribution in [2.75, 3.05) is 23.7 Å². The van der Waals surface area contributed by atoms with Crippen LogP contribution in [-0.4, -0.2) is 39.0 Å². The fourth-order valence-corrected chi connectivity index (χ4v) is 4.44. The van der Waals surface area contributed by atoms with Gasteiger partial charge in [-0.15, -0.1) is 0 Å². The van der Waals surface area contributed by atoms with Gasteiger partial charge in [-0.05, 0) is 70.1 Å². The van der Waals surface area contributed by atoms with Crippen LogP contribution in [-0.2, 0) is 20.2 Å². The van der Waals surface area contributed by atoms with Gasteiger partial charge in [-0.25, -0.2) is 0 Å². The van der Waals surface area contributed by atoms with E-state index in [4.69, 9.17) is 0 Å². The first-order valence-electron chi connectivity index (χ1n) is 9.60. The minimum Gasteiger partial charge on any atom is -0.383 e. The number of hydrogen-bond donors (Lipinski definition) is 4. The van der Waals surface area contributed by atoms with Gasteiger partial charge in [0.25, 0.3) is 20.2 Å². The third-order valence-electron chi connectivity index (χ3n) is 5.00. The lowest BCUT2D eigenvalue weighted by Crippen LogP contribution is -2.13. The molecule has 0 unspecified atom stereocenters. The fourth-order valence-electron chi connectivity index (χ4n) is 3.40. The molecule has 0 heterocycles. The van der Waals surface area contributed by atoms with E-state index in [9.17, 15) is 25.9 Å². The maximum absolute atomic E-state index is 11.3. The average Bonchev–Trinajstić information content (AvgIpc) is 2.74. The molecular formula is C22H20N2O6S2. The topological polar surface area (TPSA) is 133 Å². The van der Waals surface area contributed by atoms with Crippen LogP contribution in [0.3, 0.4) is 0 Å². The van der Waals surface area contributed by atoms with E-state index < -0.39 is 20.2 Å². The van der Waals surface area contributed by atoms with Crippen molar-refractivity contribution in [2.45, 2.75) is 9.79 Å². The van der Waals surface area contributed by atoms with Crippen LogP contribution < -0.4 is 10.6 Å². The summed E-state index contributed by atoms with van der Waals surface area (Å²) in [5, 5.41) is 9.55. The highest BCUT2D eigenvalue weighted by Gasteiger charge is 2.11. The number of fused-ring (bicyclic) bond motifs is 2. The molecule has 0 spiro atoms. The van der Waals surface area contributed by atoms with Gasteiger partial charge in [0.2, 0.25) is 0 Å². The van der Waals surface area contributed by atoms with Gasteiger partial charge in [-0.1, -0.05) is 24.3 Å². The molecule has 0 fully saturated rings. The summed E-state index contributed by atoms with van der Waals surface area (Å²) in [7, 11) is -8.53. The third kappa shape index (κ3) is 5.00. The molecule has 4 aromatic rings. The third-order valence-corrected chi connectivity index (χ3v) is 6.70. The Hall–Kier alpha value is -3.18. The molecule has 0 amide bonds. The van der Waals surface area contributed by atoms with Gasteiger partial charge in [0.05, 0.1) is 9.79 Å². The molecule has 4 N–H and O–H groups in total. The highest BCUT2D eigenvalue weighted by Crippen LogP contribution is 2.24. The summed E-state index contributed by atoms with van der Waals surface area (Å²) in [5.41, 5.74) is 1.59. The van der Waals surface area contributed by atoms with Gasteiger partial charge in [-0.2, -0.15) is 16.8 Å². The Kier molecular flexibility index (Phi) is 5.78. The number of benzene rings is 4. The van der Waals surface area contributed by atoms with Crippen molar-refractivity contribution in [1.29, 1.82) is 0 Å². The fraction of sp³-hybridized carbons (Fsp3) is 0.0909. The molecule has 166 valence electrons. The summed E-state index contributed by atoms with van der Waals surface area (Å²) in [6, 6.07) is 19.9. The smallest absolute Gasteiger partial charge is 0.294 e. The highest BCUT2D eigenvalue weighted by molar-refractivity contribution is 7.86. The molecule has 0 aliphatic rings. The quantitative estimate of drug-likeness (QED) is 0.234. The molecule has 0 saturated carbocycles. The summed E-state index contributed by atoms with van der Waals surface area (Å²) in [4.78, 5) is -0.311. The Morgan fingerprint density at radius 1 is 0.531 bits per heavy atom. The summed E-state index contributed by atoms with van der Waals surface area (Å²) in [5.74, 6) is 0. The van der Waals surface area contributed by atoms with Gasteiger partial charge >= 0.3 is 0 Å². The highest BCUT2D eigenvalue weighted by atomic mass is 32.2. The predicted molar refractivity (Wildman–Crippen MR) is 125 cm³/mol. The van der Waals surface area contributed by atoms with Crippen LogP contribution >= 0.6 is 0 Å². The van der Waals surface area contributed by atoms with E-state index in [-0.39, 0.29) is 9.79 Å². The molecule has 0 aliphatic heterocycles. The van der Waals surface area contributed by atoms with E-state index in [0.29, 0.717) is 23.9 Å². The zero-order valence-electron chi connectivity index (χ0n) is 16.7. The van der Waals surface area contributed by atoms with Gasteiger partial charge in [0.1, 0.15) is 0 Å². The molecule has 0 bridgehead atoms. The summed E-state index contributed by atoms with van der Waals surface area (Å²) >= 11 is 0. The van der Waals surface area contributed by atoms with Crippen LogP contribution in [0, 0.1) is 0 Å². The van der Waals surface area contributed by atoms with Gasteiger partial charge in [0, 0.05) is 24.5 Å². The number of nitrogens with one attached hydrogen (secondary N) is 2. The van der Waals surface area contributed by atoms with E-state index in [1.807, 2.05) is 24.3 Å². The zero-order chi connectivity index (χ0) is 22.9.